The number of hydrogen-bond donors (Lipinski definition) is 0. The highest BCUT2D eigenvalue weighted by atomic mass is 32.2. The lowest BCUT2D eigenvalue weighted by Gasteiger charge is -2.06. The highest BCUT2D eigenvalue weighted by Crippen LogP contribution is 2.27. The number of nitrogens with zero attached hydrogens (tertiary/aromatic N) is 2. The van der Waals surface area contributed by atoms with Gasteiger partial charge in [-0.2, -0.15) is 5.26 Å². The molecule has 0 aromatic carbocycles. The van der Waals surface area contributed by atoms with Crippen molar-refractivity contribution < 1.29 is 8.42 Å². The molecule has 0 N–H and O–H groups in total. The molecule has 3 atom stereocenters. The third kappa shape index (κ3) is 1.32. The van der Waals surface area contributed by atoms with Crippen molar-refractivity contribution >= 4 is 9.84 Å². The van der Waals surface area contributed by atoms with Crippen LogP contribution < -0.4 is 0 Å². The summed E-state index contributed by atoms with van der Waals surface area (Å²) in [6.45, 7) is 0.761. The third-order valence-corrected chi connectivity index (χ3v) is 4.23. The van der Waals surface area contributed by atoms with Gasteiger partial charge in [0.2, 0.25) is 0 Å². The second kappa shape index (κ2) is 2.44. The first kappa shape index (κ1) is 8.02. The molecule has 66 valence electrons. The molecule has 0 amide bonds. The van der Waals surface area contributed by atoms with E-state index < -0.39 is 9.84 Å². The van der Waals surface area contributed by atoms with Gasteiger partial charge in [-0.3, -0.25) is 4.90 Å². The fourth-order valence-corrected chi connectivity index (χ4v) is 3.45. The van der Waals surface area contributed by atoms with Crippen LogP contribution in [0.2, 0.25) is 0 Å². The molecule has 0 saturated carbocycles. The summed E-state index contributed by atoms with van der Waals surface area (Å²) < 4.78 is 22.1. The van der Waals surface area contributed by atoms with Crippen LogP contribution in [0, 0.1) is 11.3 Å². The number of rotatable bonds is 1. The molecule has 2 heterocycles. The molecule has 0 aromatic heterocycles. The van der Waals surface area contributed by atoms with Crippen molar-refractivity contribution in [2.45, 2.75) is 18.5 Å². The highest BCUT2D eigenvalue weighted by molar-refractivity contribution is 7.91. The number of hydrogen-bond acceptors (Lipinski definition) is 4. The summed E-state index contributed by atoms with van der Waals surface area (Å²) in [5, 5.41) is 8.53. The molecule has 0 aromatic rings. The van der Waals surface area contributed by atoms with Gasteiger partial charge < -0.3 is 0 Å². The Morgan fingerprint density at radius 3 is 2.67 bits per heavy atom. The van der Waals surface area contributed by atoms with Crippen molar-refractivity contribution in [2.75, 3.05) is 18.1 Å². The first-order chi connectivity index (χ1) is 5.62. The van der Waals surface area contributed by atoms with Crippen molar-refractivity contribution in [1.29, 1.82) is 5.26 Å². The third-order valence-electron chi connectivity index (χ3n) is 2.48. The van der Waals surface area contributed by atoms with Crippen LogP contribution in [0.5, 0.6) is 0 Å². The minimum Gasteiger partial charge on any atom is -0.280 e. The maximum Gasteiger partial charge on any atom is 0.151 e. The largest absolute Gasteiger partial charge is 0.280 e. The SMILES string of the molecule is N#CC1CN1C1CCS(=O)(=O)C1. The second-order valence-electron chi connectivity index (χ2n) is 3.40. The second-order valence-corrected chi connectivity index (χ2v) is 5.63. The number of sulfone groups is 1. The van der Waals surface area contributed by atoms with Crippen LogP contribution in [0.3, 0.4) is 0 Å². The summed E-state index contributed by atoms with van der Waals surface area (Å²) in [7, 11) is -2.78. The summed E-state index contributed by atoms with van der Waals surface area (Å²) >= 11 is 0. The van der Waals surface area contributed by atoms with Crippen molar-refractivity contribution in [2.24, 2.45) is 0 Å². The molecule has 2 aliphatic heterocycles. The van der Waals surface area contributed by atoms with Gasteiger partial charge in [0.25, 0.3) is 0 Å². The molecule has 12 heavy (non-hydrogen) atoms. The predicted molar refractivity (Wildman–Crippen MR) is 43.2 cm³/mol. The van der Waals surface area contributed by atoms with E-state index in [2.05, 4.69) is 6.07 Å². The van der Waals surface area contributed by atoms with Gasteiger partial charge in [0.05, 0.1) is 17.6 Å². The van der Waals surface area contributed by atoms with E-state index in [-0.39, 0.29) is 17.8 Å². The molecule has 2 aliphatic rings. The van der Waals surface area contributed by atoms with Crippen molar-refractivity contribution in [3.63, 3.8) is 0 Å². The van der Waals surface area contributed by atoms with E-state index in [1.807, 2.05) is 4.90 Å². The lowest BCUT2D eigenvalue weighted by atomic mass is 10.3. The Balaban J connectivity index is 1.99. The Bertz CT molecular complexity index is 330. The quantitative estimate of drug-likeness (QED) is 0.512. The lowest BCUT2D eigenvalue weighted by Crippen LogP contribution is -2.21. The highest BCUT2D eigenvalue weighted by Gasteiger charge is 2.44. The van der Waals surface area contributed by atoms with Crippen LogP contribution in [0.1, 0.15) is 6.42 Å². The van der Waals surface area contributed by atoms with E-state index in [0.717, 1.165) is 6.54 Å². The molecule has 5 heteroatoms. The first-order valence-corrected chi connectivity index (χ1v) is 5.80. The summed E-state index contributed by atoms with van der Waals surface area (Å²) in [5.41, 5.74) is 0. The molecular weight excluding hydrogens is 176 g/mol. The van der Waals surface area contributed by atoms with Crippen LogP contribution in [-0.4, -0.2) is 43.5 Å². The van der Waals surface area contributed by atoms with Crippen LogP contribution in [0.25, 0.3) is 0 Å². The van der Waals surface area contributed by atoms with Crippen LogP contribution in [-0.2, 0) is 9.84 Å². The van der Waals surface area contributed by atoms with Gasteiger partial charge in [0, 0.05) is 12.6 Å². The van der Waals surface area contributed by atoms with Gasteiger partial charge in [-0.15, -0.1) is 0 Å². The van der Waals surface area contributed by atoms with Gasteiger partial charge >= 0.3 is 0 Å². The van der Waals surface area contributed by atoms with E-state index in [0.29, 0.717) is 12.2 Å². The molecule has 2 saturated heterocycles. The zero-order valence-electron chi connectivity index (χ0n) is 6.60. The van der Waals surface area contributed by atoms with Gasteiger partial charge in [-0.05, 0) is 6.42 Å². The van der Waals surface area contributed by atoms with Gasteiger partial charge in [-0.25, -0.2) is 8.42 Å². The molecule has 0 bridgehead atoms. The molecule has 3 unspecified atom stereocenters. The first-order valence-electron chi connectivity index (χ1n) is 3.98. The Morgan fingerprint density at radius 1 is 1.50 bits per heavy atom. The Morgan fingerprint density at radius 2 is 2.25 bits per heavy atom. The molecule has 4 nitrogen and oxygen atoms in total. The Hall–Kier alpha value is -0.600. The molecule has 2 rings (SSSR count). The average molecular weight is 186 g/mol. The van der Waals surface area contributed by atoms with Gasteiger partial charge in [0.15, 0.2) is 9.84 Å². The molecule has 2 fully saturated rings. The van der Waals surface area contributed by atoms with Crippen molar-refractivity contribution in [3.8, 4) is 6.07 Å². The Kier molecular flexibility index (Phi) is 1.63. The minimum atomic E-state index is -2.78. The molecule has 0 spiro atoms. The summed E-state index contributed by atoms with van der Waals surface area (Å²) in [5.74, 6) is 0.553. The maximum absolute atomic E-state index is 11.1. The summed E-state index contributed by atoms with van der Waals surface area (Å²) in [4.78, 5) is 1.96. The van der Waals surface area contributed by atoms with Crippen molar-refractivity contribution in [3.05, 3.63) is 0 Å². The fraction of sp³-hybridized carbons (Fsp3) is 0.857. The van der Waals surface area contributed by atoms with Crippen LogP contribution in [0.4, 0.5) is 0 Å². The normalized spacial score (nSPS) is 43.8. The fourth-order valence-electron chi connectivity index (χ4n) is 1.71. The summed E-state index contributed by atoms with van der Waals surface area (Å²) in [6, 6.07) is 2.24. The molecular formula is C7H10N2O2S. The van der Waals surface area contributed by atoms with E-state index in [9.17, 15) is 8.42 Å². The van der Waals surface area contributed by atoms with Crippen LogP contribution in [0.15, 0.2) is 0 Å². The maximum atomic E-state index is 11.1. The summed E-state index contributed by atoms with van der Waals surface area (Å²) in [6.07, 6.45) is 0.709. The monoisotopic (exact) mass is 186 g/mol. The molecule has 0 aliphatic carbocycles. The van der Waals surface area contributed by atoms with E-state index in [4.69, 9.17) is 5.26 Å². The van der Waals surface area contributed by atoms with Gasteiger partial charge in [0.1, 0.15) is 6.04 Å². The topological polar surface area (TPSA) is 60.9 Å². The smallest absolute Gasteiger partial charge is 0.151 e. The van der Waals surface area contributed by atoms with E-state index in [1.165, 1.54) is 0 Å². The average Bonchev–Trinajstić information content (AvgIpc) is 2.70. The van der Waals surface area contributed by atoms with E-state index >= 15 is 0 Å². The van der Waals surface area contributed by atoms with E-state index in [1.54, 1.807) is 0 Å². The standard InChI is InChI=1S/C7H10N2O2S/c8-3-7-4-9(7)6-1-2-12(10,11)5-6/h6-7H,1-2,4-5H2. The number of nitriles is 1. The van der Waals surface area contributed by atoms with Gasteiger partial charge in [-0.1, -0.05) is 0 Å². The predicted octanol–water partition coefficient (Wildman–Crippen LogP) is -0.619. The zero-order valence-corrected chi connectivity index (χ0v) is 7.42. The van der Waals surface area contributed by atoms with Crippen molar-refractivity contribution in [1.82, 2.24) is 4.90 Å². The minimum absolute atomic E-state index is 0.0108. The van der Waals surface area contributed by atoms with Crippen LogP contribution >= 0.6 is 0 Å². The lowest BCUT2D eigenvalue weighted by molar-refractivity contribution is 0.418. The zero-order chi connectivity index (χ0) is 8.77. The Labute approximate surface area is 71.7 Å². The molecule has 0 radical (unpaired) electrons.